The van der Waals surface area contributed by atoms with Gasteiger partial charge in [-0.3, -0.25) is 4.79 Å². The van der Waals surface area contributed by atoms with Crippen LogP contribution >= 0.6 is 11.3 Å². The van der Waals surface area contributed by atoms with E-state index in [1.807, 2.05) is 13.1 Å². The third-order valence-electron chi connectivity index (χ3n) is 3.03. The Morgan fingerprint density at radius 2 is 2.19 bits per heavy atom. The van der Waals surface area contributed by atoms with Gasteiger partial charge < -0.3 is 10.4 Å². The van der Waals surface area contributed by atoms with Gasteiger partial charge in [-0.05, 0) is 32.6 Å². The maximum atomic E-state index is 10.8. The van der Waals surface area contributed by atoms with Crippen LogP contribution in [0.1, 0.15) is 30.6 Å². The molecule has 1 aliphatic rings. The minimum atomic E-state index is -0.649. The normalized spacial score (nSPS) is 25.3. The summed E-state index contributed by atoms with van der Waals surface area (Å²) in [5, 5.41) is 13.2. The quantitative estimate of drug-likeness (QED) is 0.852. The van der Waals surface area contributed by atoms with E-state index in [0.29, 0.717) is 6.04 Å². The lowest BCUT2D eigenvalue weighted by Gasteiger charge is -2.26. The molecular weight excluding hydrogens is 224 g/mol. The molecule has 2 rings (SSSR count). The van der Waals surface area contributed by atoms with Gasteiger partial charge in [0, 0.05) is 17.1 Å². The molecule has 0 aliphatic heterocycles. The Balaban J connectivity index is 1.83. The van der Waals surface area contributed by atoms with E-state index < -0.39 is 5.97 Å². The lowest BCUT2D eigenvalue weighted by Crippen LogP contribution is -2.29. The minimum absolute atomic E-state index is 0.143. The number of thiazole rings is 1. The number of rotatable bonds is 3. The molecule has 1 aliphatic carbocycles. The average Bonchev–Trinajstić information content (AvgIpc) is 2.65. The summed E-state index contributed by atoms with van der Waals surface area (Å²) < 4.78 is 0. The van der Waals surface area contributed by atoms with Crippen LogP contribution in [0.5, 0.6) is 0 Å². The van der Waals surface area contributed by atoms with Gasteiger partial charge in [0.2, 0.25) is 0 Å². The van der Waals surface area contributed by atoms with Crippen molar-refractivity contribution in [3.63, 3.8) is 0 Å². The molecular formula is C11H16N2O2S. The molecule has 1 saturated carbocycles. The van der Waals surface area contributed by atoms with E-state index >= 15 is 0 Å². The van der Waals surface area contributed by atoms with Crippen molar-refractivity contribution in [1.82, 2.24) is 4.98 Å². The van der Waals surface area contributed by atoms with Crippen molar-refractivity contribution in [2.75, 3.05) is 5.32 Å². The van der Waals surface area contributed by atoms with E-state index in [1.165, 1.54) is 4.88 Å². The van der Waals surface area contributed by atoms with Crippen molar-refractivity contribution in [2.24, 2.45) is 5.92 Å². The SMILES string of the molecule is Cc1cnc(NC2CCC(C(=O)O)CC2)s1. The molecule has 0 amide bonds. The fourth-order valence-electron chi connectivity index (χ4n) is 2.08. The van der Waals surface area contributed by atoms with Crippen LogP contribution in [0, 0.1) is 12.8 Å². The number of hydrogen-bond donors (Lipinski definition) is 2. The van der Waals surface area contributed by atoms with E-state index in [1.54, 1.807) is 11.3 Å². The molecule has 1 aromatic heterocycles. The fraction of sp³-hybridized carbons (Fsp3) is 0.636. The van der Waals surface area contributed by atoms with Crippen LogP contribution in [0.2, 0.25) is 0 Å². The van der Waals surface area contributed by atoms with Gasteiger partial charge in [0.15, 0.2) is 5.13 Å². The second-order valence-electron chi connectivity index (χ2n) is 4.31. The molecule has 0 atom stereocenters. The predicted octanol–water partition coefficient (Wildman–Crippen LogP) is 2.51. The van der Waals surface area contributed by atoms with Crippen molar-refractivity contribution in [3.8, 4) is 0 Å². The van der Waals surface area contributed by atoms with E-state index in [9.17, 15) is 4.79 Å². The summed E-state index contributed by atoms with van der Waals surface area (Å²) in [5.74, 6) is -0.792. The van der Waals surface area contributed by atoms with Gasteiger partial charge in [0.1, 0.15) is 0 Å². The molecule has 1 fully saturated rings. The monoisotopic (exact) mass is 240 g/mol. The van der Waals surface area contributed by atoms with Gasteiger partial charge >= 0.3 is 5.97 Å². The van der Waals surface area contributed by atoms with Gasteiger partial charge in [0.05, 0.1) is 5.92 Å². The molecule has 0 unspecified atom stereocenters. The molecule has 0 bridgehead atoms. The number of carboxylic acid groups (broad SMARTS) is 1. The molecule has 16 heavy (non-hydrogen) atoms. The molecule has 4 nitrogen and oxygen atoms in total. The zero-order chi connectivity index (χ0) is 11.5. The third kappa shape index (κ3) is 2.72. The molecule has 1 aromatic rings. The first-order valence-corrected chi connectivity index (χ1v) is 6.38. The number of aliphatic carboxylic acids is 1. The number of nitrogens with zero attached hydrogens (tertiary/aromatic N) is 1. The standard InChI is InChI=1S/C11H16N2O2S/c1-7-6-12-11(16-7)13-9-4-2-8(3-5-9)10(14)15/h6,8-9H,2-5H2,1H3,(H,12,13)(H,14,15). The van der Waals surface area contributed by atoms with E-state index in [2.05, 4.69) is 10.3 Å². The topological polar surface area (TPSA) is 62.2 Å². The van der Waals surface area contributed by atoms with Crippen molar-refractivity contribution in [2.45, 2.75) is 38.6 Å². The van der Waals surface area contributed by atoms with Crippen LogP contribution < -0.4 is 5.32 Å². The summed E-state index contributed by atoms with van der Waals surface area (Å²) in [6, 6.07) is 0.390. The van der Waals surface area contributed by atoms with Crippen LogP contribution in [0.15, 0.2) is 6.20 Å². The number of hydrogen-bond acceptors (Lipinski definition) is 4. The first-order chi connectivity index (χ1) is 7.65. The second-order valence-corrected chi connectivity index (χ2v) is 5.54. The molecule has 0 saturated heterocycles. The van der Waals surface area contributed by atoms with Gasteiger partial charge in [-0.15, -0.1) is 11.3 Å². The Labute approximate surface area is 98.7 Å². The number of carboxylic acids is 1. The fourth-order valence-corrected chi connectivity index (χ4v) is 2.82. The van der Waals surface area contributed by atoms with Gasteiger partial charge in [-0.1, -0.05) is 0 Å². The van der Waals surface area contributed by atoms with Crippen molar-refractivity contribution >= 4 is 22.4 Å². The van der Waals surface area contributed by atoms with Gasteiger partial charge in [-0.25, -0.2) is 4.98 Å². The van der Waals surface area contributed by atoms with E-state index in [-0.39, 0.29) is 5.92 Å². The second kappa shape index (κ2) is 4.82. The zero-order valence-corrected chi connectivity index (χ0v) is 10.1. The molecule has 0 radical (unpaired) electrons. The Morgan fingerprint density at radius 3 is 2.69 bits per heavy atom. The smallest absolute Gasteiger partial charge is 0.306 e. The number of aromatic nitrogens is 1. The Kier molecular flexibility index (Phi) is 3.43. The highest BCUT2D eigenvalue weighted by Crippen LogP contribution is 2.27. The largest absolute Gasteiger partial charge is 0.481 e. The highest BCUT2D eigenvalue weighted by atomic mass is 32.1. The minimum Gasteiger partial charge on any atom is -0.481 e. The third-order valence-corrected chi connectivity index (χ3v) is 3.87. The summed E-state index contributed by atoms with van der Waals surface area (Å²) in [6.07, 6.45) is 5.26. The Morgan fingerprint density at radius 1 is 1.50 bits per heavy atom. The van der Waals surface area contributed by atoms with Crippen LogP contribution in [0.3, 0.4) is 0 Å². The Hall–Kier alpha value is -1.10. The molecule has 2 N–H and O–H groups in total. The number of carbonyl (C=O) groups is 1. The maximum absolute atomic E-state index is 10.8. The molecule has 1 heterocycles. The highest BCUT2D eigenvalue weighted by molar-refractivity contribution is 7.15. The van der Waals surface area contributed by atoms with Crippen LogP contribution in [-0.4, -0.2) is 22.1 Å². The summed E-state index contributed by atoms with van der Waals surface area (Å²) in [4.78, 5) is 16.2. The summed E-state index contributed by atoms with van der Waals surface area (Å²) in [7, 11) is 0. The number of nitrogens with one attached hydrogen (secondary N) is 1. The van der Waals surface area contributed by atoms with Crippen molar-refractivity contribution in [3.05, 3.63) is 11.1 Å². The molecule has 5 heteroatoms. The van der Waals surface area contributed by atoms with Crippen LogP contribution in [-0.2, 0) is 4.79 Å². The summed E-state index contributed by atoms with van der Waals surface area (Å²) in [6.45, 7) is 2.03. The zero-order valence-electron chi connectivity index (χ0n) is 9.27. The first kappa shape index (κ1) is 11.4. The van der Waals surface area contributed by atoms with Crippen LogP contribution in [0.25, 0.3) is 0 Å². The summed E-state index contributed by atoms with van der Waals surface area (Å²) >= 11 is 1.65. The van der Waals surface area contributed by atoms with Crippen molar-refractivity contribution in [1.29, 1.82) is 0 Å². The van der Waals surface area contributed by atoms with Gasteiger partial charge in [-0.2, -0.15) is 0 Å². The average molecular weight is 240 g/mol. The Bertz CT molecular complexity index is 370. The molecule has 0 spiro atoms. The van der Waals surface area contributed by atoms with E-state index in [0.717, 1.165) is 30.8 Å². The van der Waals surface area contributed by atoms with E-state index in [4.69, 9.17) is 5.11 Å². The molecule has 88 valence electrons. The number of anilines is 1. The van der Waals surface area contributed by atoms with Crippen LogP contribution in [0.4, 0.5) is 5.13 Å². The highest BCUT2D eigenvalue weighted by Gasteiger charge is 2.25. The lowest BCUT2D eigenvalue weighted by molar-refractivity contribution is -0.142. The maximum Gasteiger partial charge on any atom is 0.306 e. The first-order valence-electron chi connectivity index (χ1n) is 5.57. The lowest BCUT2D eigenvalue weighted by atomic mass is 9.86. The van der Waals surface area contributed by atoms with Crippen molar-refractivity contribution < 1.29 is 9.90 Å². The van der Waals surface area contributed by atoms with Gasteiger partial charge in [0.25, 0.3) is 0 Å². The predicted molar refractivity (Wildman–Crippen MR) is 63.9 cm³/mol. The summed E-state index contributed by atoms with van der Waals surface area (Å²) in [5.41, 5.74) is 0. The number of aryl methyl sites for hydroxylation is 1. The molecule has 0 aromatic carbocycles.